The number of hydrogen-bond donors (Lipinski definition) is 0. The number of hydrogen-bond acceptors (Lipinski definition) is 3. The Morgan fingerprint density at radius 3 is 3.00 bits per heavy atom. The summed E-state index contributed by atoms with van der Waals surface area (Å²) in [6, 6.07) is 4.15. The van der Waals surface area contributed by atoms with Crippen molar-refractivity contribution < 1.29 is 9.31 Å². The highest BCUT2D eigenvalue weighted by molar-refractivity contribution is 5.77. The van der Waals surface area contributed by atoms with Crippen LogP contribution in [0.4, 0.5) is 10.1 Å². The SMILES string of the molecule is O=[N+]([O-])c1ccc2ncn(CF)c2c1. The summed E-state index contributed by atoms with van der Waals surface area (Å²) in [7, 11) is 0. The summed E-state index contributed by atoms with van der Waals surface area (Å²) >= 11 is 0. The molecular weight excluding hydrogens is 189 g/mol. The minimum Gasteiger partial charge on any atom is -0.301 e. The standard InChI is InChI=1S/C8H6FN3O2/c9-4-11-5-10-7-2-1-6(12(13)14)3-8(7)11/h1-3,5H,4H2. The van der Waals surface area contributed by atoms with Crippen molar-refractivity contribution in [1.82, 2.24) is 9.55 Å². The van der Waals surface area contributed by atoms with Crippen molar-refractivity contribution in [3.8, 4) is 0 Å². The lowest BCUT2D eigenvalue weighted by atomic mass is 10.3. The van der Waals surface area contributed by atoms with E-state index in [0.717, 1.165) is 0 Å². The van der Waals surface area contributed by atoms with Crippen LogP contribution in [0.5, 0.6) is 0 Å². The molecule has 5 nitrogen and oxygen atoms in total. The van der Waals surface area contributed by atoms with Crippen LogP contribution in [0.2, 0.25) is 0 Å². The van der Waals surface area contributed by atoms with Gasteiger partial charge in [0.1, 0.15) is 0 Å². The minimum absolute atomic E-state index is 0.0623. The van der Waals surface area contributed by atoms with Gasteiger partial charge in [0.15, 0.2) is 6.80 Å². The second-order valence-electron chi connectivity index (χ2n) is 2.76. The van der Waals surface area contributed by atoms with Crippen LogP contribution in [-0.2, 0) is 6.80 Å². The molecular formula is C8H6FN3O2. The van der Waals surface area contributed by atoms with Crippen LogP contribution in [-0.4, -0.2) is 14.5 Å². The third-order valence-electron chi connectivity index (χ3n) is 1.94. The van der Waals surface area contributed by atoms with Crippen LogP contribution in [0.25, 0.3) is 11.0 Å². The van der Waals surface area contributed by atoms with Gasteiger partial charge >= 0.3 is 0 Å². The summed E-state index contributed by atoms with van der Waals surface area (Å²) in [6.07, 6.45) is 1.31. The maximum atomic E-state index is 12.4. The number of halogens is 1. The summed E-state index contributed by atoms with van der Waals surface area (Å²) < 4.78 is 13.6. The molecule has 2 rings (SSSR count). The van der Waals surface area contributed by atoms with E-state index < -0.39 is 11.7 Å². The number of fused-ring (bicyclic) bond motifs is 1. The zero-order valence-corrected chi connectivity index (χ0v) is 7.05. The molecule has 0 saturated carbocycles. The smallest absolute Gasteiger partial charge is 0.271 e. The van der Waals surface area contributed by atoms with E-state index >= 15 is 0 Å². The highest BCUT2D eigenvalue weighted by atomic mass is 19.1. The Bertz CT molecular complexity index is 494. The normalized spacial score (nSPS) is 10.6. The summed E-state index contributed by atoms with van der Waals surface area (Å²) in [5.74, 6) is 0. The number of aromatic nitrogens is 2. The molecule has 1 aromatic carbocycles. The molecule has 0 fully saturated rings. The molecule has 6 heteroatoms. The second-order valence-corrected chi connectivity index (χ2v) is 2.76. The van der Waals surface area contributed by atoms with Gasteiger partial charge in [-0.2, -0.15) is 0 Å². The lowest BCUT2D eigenvalue weighted by molar-refractivity contribution is -0.384. The van der Waals surface area contributed by atoms with Crippen LogP contribution < -0.4 is 0 Å². The van der Waals surface area contributed by atoms with Gasteiger partial charge in [0.25, 0.3) is 5.69 Å². The van der Waals surface area contributed by atoms with E-state index in [1.165, 1.54) is 29.1 Å². The van der Waals surface area contributed by atoms with Crippen molar-refractivity contribution in [2.75, 3.05) is 0 Å². The van der Waals surface area contributed by atoms with Crippen LogP contribution in [0.1, 0.15) is 0 Å². The van der Waals surface area contributed by atoms with Gasteiger partial charge in [0, 0.05) is 12.1 Å². The Labute approximate surface area is 77.9 Å². The quantitative estimate of drug-likeness (QED) is 0.542. The van der Waals surface area contributed by atoms with Crippen LogP contribution >= 0.6 is 0 Å². The molecule has 72 valence electrons. The third-order valence-corrected chi connectivity index (χ3v) is 1.94. The topological polar surface area (TPSA) is 61.0 Å². The zero-order chi connectivity index (χ0) is 10.1. The molecule has 0 N–H and O–H groups in total. The largest absolute Gasteiger partial charge is 0.301 e. The fraction of sp³-hybridized carbons (Fsp3) is 0.125. The second kappa shape index (κ2) is 3.06. The number of rotatable bonds is 2. The monoisotopic (exact) mass is 195 g/mol. The zero-order valence-electron chi connectivity index (χ0n) is 7.05. The number of nitro groups is 1. The third kappa shape index (κ3) is 1.20. The van der Waals surface area contributed by atoms with Gasteiger partial charge in [-0.3, -0.25) is 10.1 Å². The molecule has 0 aliphatic heterocycles. The number of nitro benzene ring substituents is 1. The fourth-order valence-electron chi connectivity index (χ4n) is 1.25. The summed E-state index contributed by atoms with van der Waals surface area (Å²) in [5, 5.41) is 10.4. The highest BCUT2D eigenvalue weighted by Gasteiger charge is 2.09. The first-order chi connectivity index (χ1) is 6.72. The van der Waals surface area contributed by atoms with Crippen LogP contribution in [0.15, 0.2) is 24.5 Å². The van der Waals surface area contributed by atoms with E-state index in [2.05, 4.69) is 4.98 Å². The summed E-state index contributed by atoms with van der Waals surface area (Å²) in [5.41, 5.74) is 0.919. The van der Waals surface area contributed by atoms with Crippen molar-refractivity contribution in [2.24, 2.45) is 0 Å². The van der Waals surface area contributed by atoms with Gasteiger partial charge in [0.05, 0.1) is 22.3 Å². The van der Waals surface area contributed by atoms with E-state index in [-0.39, 0.29) is 5.69 Å². The maximum absolute atomic E-state index is 12.4. The summed E-state index contributed by atoms with van der Waals surface area (Å²) in [6.45, 7) is -0.738. The number of non-ortho nitro benzene ring substituents is 1. The number of nitrogens with zero attached hydrogens (tertiary/aromatic N) is 3. The average Bonchev–Trinajstić information content (AvgIpc) is 2.59. The van der Waals surface area contributed by atoms with Crippen molar-refractivity contribution in [3.63, 3.8) is 0 Å². The predicted octanol–water partition coefficient (Wildman–Crippen LogP) is 1.87. The molecule has 1 heterocycles. The van der Waals surface area contributed by atoms with Crippen molar-refractivity contribution in [2.45, 2.75) is 6.80 Å². The molecule has 0 unspecified atom stereocenters. The molecule has 0 radical (unpaired) electrons. The highest BCUT2D eigenvalue weighted by Crippen LogP contribution is 2.19. The van der Waals surface area contributed by atoms with Gasteiger partial charge in [-0.05, 0) is 6.07 Å². The van der Waals surface area contributed by atoms with E-state index in [4.69, 9.17) is 0 Å². The van der Waals surface area contributed by atoms with E-state index in [1.807, 2.05) is 0 Å². The van der Waals surface area contributed by atoms with Gasteiger partial charge < -0.3 is 4.57 Å². The Kier molecular flexibility index (Phi) is 1.88. The molecule has 0 aliphatic carbocycles. The number of benzene rings is 1. The molecule has 0 amide bonds. The van der Waals surface area contributed by atoms with Gasteiger partial charge in [-0.25, -0.2) is 9.37 Å². The minimum atomic E-state index is -0.738. The lowest BCUT2D eigenvalue weighted by Crippen LogP contribution is -1.91. The maximum Gasteiger partial charge on any atom is 0.271 e. The van der Waals surface area contributed by atoms with Crippen LogP contribution in [0, 0.1) is 10.1 Å². The molecule has 2 aromatic rings. The molecule has 0 bridgehead atoms. The molecule has 0 aliphatic rings. The number of imidazole rings is 1. The fourth-order valence-corrected chi connectivity index (χ4v) is 1.25. The van der Waals surface area contributed by atoms with E-state index in [9.17, 15) is 14.5 Å². The first-order valence-corrected chi connectivity index (χ1v) is 3.87. The van der Waals surface area contributed by atoms with Gasteiger partial charge in [-0.15, -0.1) is 0 Å². The Morgan fingerprint density at radius 1 is 1.57 bits per heavy atom. The molecule has 1 aromatic heterocycles. The summed E-state index contributed by atoms with van der Waals surface area (Å²) in [4.78, 5) is 13.8. The average molecular weight is 195 g/mol. The molecule has 14 heavy (non-hydrogen) atoms. The van der Waals surface area contributed by atoms with Crippen molar-refractivity contribution in [1.29, 1.82) is 0 Å². The van der Waals surface area contributed by atoms with Crippen molar-refractivity contribution >= 4 is 16.7 Å². The lowest BCUT2D eigenvalue weighted by Gasteiger charge is -1.95. The van der Waals surface area contributed by atoms with Gasteiger partial charge in [0.2, 0.25) is 0 Å². The number of alkyl halides is 1. The molecule has 0 spiro atoms. The van der Waals surface area contributed by atoms with E-state index in [1.54, 1.807) is 0 Å². The Morgan fingerprint density at radius 2 is 2.36 bits per heavy atom. The first-order valence-electron chi connectivity index (χ1n) is 3.87. The van der Waals surface area contributed by atoms with Crippen molar-refractivity contribution in [3.05, 3.63) is 34.6 Å². The van der Waals surface area contributed by atoms with Crippen LogP contribution in [0.3, 0.4) is 0 Å². The Balaban J connectivity index is 2.67. The first kappa shape index (κ1) is 8.61. The molecule has 0 saturated heterocycles. The van der Waals surface area contributed by atoms with E-state index in [0.29, 0.717) is 11.0 Å². The van der Waals surface area contributed by atoms with Gasteiger partial charge in [-0.1, -0.05) is 0 Å². The predicted molar refractivity (Wildman–Crippen MR) is 47.5 cm³/mol. The molecule has 0 atom stereocenters. The Hall–Kier alpha value is -1.98.